The van der Waals surface area contributed by atoms with Crippen LogP contribution in [0.15, 0.2) is 70.1 Å². The van der Waals surface area contributed by atoms with Crippen molar-refractivity contribution in [3.05, 3.63) is 78.1 Å². The summed E-state index contributed by atoms with van der Waals surface area (Å²) in [7, 11) is -3.05. The third-order valence-corrected chi connectivity index (χ3v) is 5.56. The molecule has 0 bridgehead atoms. The Morgan fingerprint density at radius 2 is 2.12 bits per heavy atom. The molecule has 3 N–H and O–H groups in total. The van der Waals surface area contributed by atoms with Gasteiger partial charge in [0.1, 0.15) is 17.9 Å². The van der Waals surface area contributed by atoms with Crippen molar-refractivity contribution >= 4 is 13.6 Å². The smallest absolute Gasteiger partial charge is 0.469 e. The average Bonchev–Trinajstić information content (AvgIpc) is 3.50. The van der Waals surface area contributed by atoms with E-state index in [1.807, 2.05) is 12.1 Å². The lowest BCUT2D eigenvalue weighted by Gasteiger charge is -2.09. The van der Waals surface area contributed by atoms with Crippen LogP contribution in [0.5, 0.6) is 5.88 Å². The Bertz CT molecular complexity index is 1240. The highest BCUT2D eigenvalue weighted by Crippen LogP contribution is 2.41. The predicted octanol–water partition coefficient (Wildman–Crippen LogP) is 3.09. The molecule has 0 aliphatic carbocycles. The molecule has 1 atom stereocenters. The van der Waals surface area contributed by atoms with Crippen molar-refractivity contribution in [3.8, 4) is 17.2 Å². The molecular formula is C21H22N4O7P+. The summed E-state index contributed by atoms with van der Waals surface area (Å²) in [5.74, 6) is 1.92. The summed E-state index contributed by atoms with van der Waals surface area (Å²) in [6.45, 7) is 0.0269. The van der Waals surface area contributed by atoms with Crippen molar-refractivity contribution in [3.63, 3.8) is 0 Å². The first-order valence-electron chi connectivity index (χ1n) is 9.80. The third-order valence-electron chi connectivity index (χ3n) is 4.65. The number of pyridine rings is 2. The zero-order chi connectivity index (χ0) is 23.3. The number of ether oxygens (including phenoxy) is 1. The highest BCUT2D eigenvalue weighted by atomic mass is 31.2. The second kappa shape index (κ2) is 9.97. The molecular weight excluding hydrogens is 451 g/mol. The molecule has 33 heavy (non-hydrogen) atoms. The first-order chi connectivity index (χ1) is 15.9. The van der Waals surface area contributed by atoms with Crippen LogP contribution in [0, 0.1) is 0 Å². The van der Waals surface area contributed by atoms with Gasteiger partial charge in [-0.1, -0.05) is 11.2 Å². The van der Waals surface area contributed by atoms with E-state index in [4.69, 9.17) is 23.9 Å². The van der Waals surface area contributed by atoms with E-state index in [2.05, 4.69) is 14.7 Å². The Labute approximate surface area is 188 Å². The van der Waals surface area contributed by atoms with Gasteiger partial charge in [0.15, 0.2) is 5.76 Å². The highest BCUT2D eigenvalue weighted by molar-refractivity contribution is 7.47. The Morgan fingerprint density at radius 3 is 2.85 bits per heavy atom. The van der Waals surface area contributed by atoms with Crippen LogP contribution in [0.1, 0.15) is 17.0 Å². The van der Waals surface area contributed by atoms with Crippen LogP contribution < -0.4 is 15.0 Å². The van der Waals surface area contributed by atoms with Crippen molar-refractivity contribution in [2.24, 2.45) is 0 Å². The van der Waals surface area contributed by atoms with Crippen LogP contribution in [0.3, 0.4) is 0 Å². The van der Waals surface area contributed by atoms with E-state index in [0.717, 1.165) is 12.7 Å². The van der Waals surface area contributed by atoms with Gasteiger partial charge in [-0.15, -0.1) is 0 Å². The predicted molar refractivity (Wildman–Crippen MR) is 115 cm³/mol. The monoisotopic (exact) mass is 473 g/mol. The molecule has 0 amide bonds. The second-order valence-corrected chi connectivity index (χ2v) is 8.48. The number of nitrogens with zero attached hydrogens (tertiary/aromatic N) is 3. The molecule has 11 nitrogen and oxygen atoms in total. The maximum Gasteiger partial charge on any atom is 0.475 e. The maximum atomic E-state index is 11.5. The topological polar surface area (TPSA) is 147 Å². The number of phosphoric ester groups is 1. The van der Waals surface area contributed by atoms with Gasteiger partial charge in [0.2, 0.25) is 12.6 Å². The number of nitrogen functional groups attached to an aromatic ring is 1. The summed E-state index contributed by atoms with van der Waals surface area (Å²) in [6, 6.07) is 12.5. The van der Waals surface area contributed by atoms with E-state index in [1.54, 1.807) is 49.0 Å². The fraction of sp³-hybridized carbons (Fsp3) is 0.190. The first-order valence-corrected chi connectivity index (χ1v) is 11.3. The molecule has 4 aromatic rings. The maximum absolute atomic E-state index is 11.5. The van der Waals surface area contributed by atoms with E-state index in [0.29, 0.717) is 41.7 Å². The van der Waals surface area contributed by atoms with Gasteiger partial charge in [0, 0.05) is 31.9 Å². The van der Waals surface area contributed by atoms with Gasteiger partial charge in [-0.2, -0.15) is 0 Å². The van der Waals surface area contributed by atoms with Gasteiger partial charge in [0.05, 0.1) is 18.2 Å². The van der Waals surface area contributed by atoms with Crippen molar-refractivity contribution in [1.82, 2.24) is 10.1 Å². The van der Waals surface area contributed by atoms with Gasteiger partial charge in [-0.05, 0) is 29.8 Å². The van der Waals surface area contributed by atoms with Crippen molar-refractivity contribution in [1.29, 1.82) is 0 Å². The molecule has 12 heteroatoms. The molecule has 4 aromatic heterocycles. The van der Waals surface area contributed by atoms with E-state index < -0.39 is 7.82 Å². The normalized spacial score (nSPS) is 13.0. The van der Waals surface area contributed by atoms with Crippen molar-refractivity contribution in [2.45, 2.75) is 19.8 Å². The van der Waals surface area contributed by atoms with E-state index in [9.17, 15) is 9.46 Å². The number of aromatic nitrogens is 3. The van der Waals surface area contributed by atoms with Crippen molar-refractivity contribution < 1.29 is 36.8 Å². The third kappa shape index (κ3) is 5.85. The van der Waals surface area contributed by atoms with E-state index in [-0.39, 0.29) is 12.5 Å². The lowest BCUT2D eigenvalue weighted by atomic mass is 10.1. The minimum Gasteiger partial charge on any atom is -0.469 e. The average molecular weight is 473 g/mol. The molecule has 0 fully saturated rings. The molecule has 172 valence electrons. The number of hydrogen-bond donors (Lipinski definition) is 2. The number of rotatable bonds is 10. The van der Waals surface area contributed by atoms with Crippen LogP contribution in [-0.4, -0.2) is 22.1 Å². The molecule has 1 unspecified atom stereocenters. The number of furan rings is 1. The van der Waals surface area contributed by atoms with Crippen LogP contribution >= 0.6 is 7.82 Å². The summed E-state index contributed by atoms with van der Waals surface area (Å²) in [5, 5.41) is 4.10. The van der Waals surface area contributed by atoms with Crippen LogP contribution in [0.2, 0.25) is 0 Å². The summed E-state index contributed by atoms with van der Waals surface area (Å²) < 4.78 is 38.5. The summed E-state index contributed by atoms with van der Waals surface area (Å²) in [6.07, 6.45) is 5.39. The zero-order valence-electron chi connectivity index (χ0n) is 17.7. The van der Waals surface area contributed by atoms with Crippen LogP contribution in [-0.2, 0) is 33.4 Å². The number of nitrogens with two attached hydrogens (primary N) is 1. The first kappa shape index (κ1) is 22.7. The molecule has 0 saturated heterocycles. The molecule has 0 saturated carbocycles. The number of hydrogen-bond acceptors (Lipinski definition) is 9. The lowest BCUT2D eigenvalue weighted by molar-refractivity contribution is -0.711. The molecule has 0 aromatic carbocycles. The summed E-state index contributed by atoms with van der Waals surface area (Å²) >= 11 is 0. The highest BCUT2D eigenvalue weighted by Gasteiger charge is 2.22. The fourth-order valence-electron chi connectivity index (χ4n) is 2.94. The molecule has 4 heterocycles. The minimum absolute atomic E-state index is 0.274. The van der Waals surface area contributed by atoms with Gasteiger partial charge in [-0.3, -0.25) is 10.3 Å². The number of anilines is 1. The number of phosphoric acid groups is 1. The Balaban J connectivity index is 1.41. The summed E-state index contributed by atoms with van der Waals surface area (Å²) in [5.41, 5.74) is 8.34. The second-order valence-electron chi connectivity index (χ2n) is 6.92. The Morgan fingerprint density at radius 1 is 1.24 bits per heavy atom. The van der Waals surface area contributed by atoms with Gasteiger partial charge in [-0.25, -0.2) is 18.6 Å². The van der Waals surface area contributed by atoms with E-state index >= 15 is 0 Å². The molecule has 0 radical (unpaired) electrons. The zero-order valence-corrected chi connectivity index (χ0v) is 18.6. The van der Waals surface area contributed by atoms with Gasteiger partial charge in [0.25, 0.3) is 5.82 Å². The molecule has 0 aliphatic heterocycles. The molecule has 4 rings (SSSR count). The van der Waals surface area contributed by atoms with Crippen LogP contribution in [0.25, 0.3) is 11.3 Å². The quantitative estimate of drug-likeness (QED) is 0.260. The fourth-order valence-corrected chi connectivity index (χ4v) is 3.32. The Kier molecular flexibility index (Phi) is 6.85. The molecule has 0 aliphatic rings. The Hall–Kier alpha value is -3.50. The van der Waals surface area contributed by atoms with Gasteiger partial charge < -0.3 is 18.6 Å². The standard InChI is InChI=1S/C21H21N4O7P/c1-28-33(26,27)31-14-25-8-2-5-18(21(25)22)19-11-16(24-32-19)10-15-6-7-20(23-12-15)30-13-17-4-3-9-29-17/h2-9,11-12,22H,10,13-14H2,1H3,(H,26,27)/p+1. The lowest BCUT2D eigenvalue weighted by Crippen LogP contribution is -2.38. The van der Waals surface area contributed by atoms with Crippen LogP contribution in [0.4, 0.5) is 5.82 Å². The molecule has 0 spiro atoms. The van der Waals surface area contributed by atoms with E-state index in [1.165, 1.54) is 4.57 Å². The van der Waals surface area contributed by atoms with Gasteiger partial charge >= 0.3 is 7.82 Å². The summed E-state index contributed by atoms with van der Waals surface area (Å²) in [4.78, 5) is 13.7. The van der Waals surface area contributed by atoms with Crippen molar-refractivity contribution in [2.75, 3.05) is 12.8 Å². The SMILES string of the molecule is COP(=O)(O)OC[n+]1cccc(-c2cc(Cc3ccc(OCc4ccco4)nc3)no2)c1N. The minimum atomic E-state index is -4.13. The largest absolute Gasteiger partial charge is 0.475 e.